The first-order chi connectivity index (χ1) is 9.83. The number of ether oxygens (including phenoxy) is 2. The minimum absolute atomic E-state index is 0.676. The normalized spacial score (nSPS) is 10.7. The average molecular weight is 291 g/mol. The molecular weight excluding hydrogens is 274 g/mol. The van der Waals surface area contributed by atoms with Crippen molar-refractivity contribution < 1.29 is 9.47 Å². The van der Waals surface area contributed by atoms with Gasteiger partial charge in [-0.05, 0) is 30.2 Å². The van der Waals surface area contributed by atoms with Gasteiger partial charge in [0.15, 0.2) is 11.5 Å². The van der Waals surface area contributed by atoms with E-state index in [0.29, 0.717) is 12.4 Å². The first kappa shape index (κ1) is 14.3. The maximum atomic E-state index is 5.60. The Morgan fingerprint density at radius 2 is 2.30 bits per heavy atom. The van der Waals surface area contributed by atoms with E-state index in [9.17, 15) is 0 Å². The van der Waals surface area contributed by atoms with Gasteiger partial charge in [0.25, 0.3) is 0 Å². The van der Waals surface area contributed by atoms with Crippen LogP contribution in [0, 0.1) is 0 Å². The predicted octanol–water partition coefficient (Wildman–Crippen LogP) is 3.39. The molecule has 0 aliphatic heterocycles. The number of aromatic nitrogens is 1. The van der Waals surface area contributed by atoms with E-state index < -0.39 is 0 Å². The molecule has 0 saturated heterocycles. The highest BCUT2D eigenvalue weighted by Crippen LogP contribution is 2.27. The summed E-state index contributed by atoms with van der Waals surface area (Å²) < 4.78 is 10.9. The number of nitrogens with zero attached hydrogens (tertiary/aromatic N) is 2. The lowest BCUT2D eigenvalue weighted by atomic mass is 10.2. The van der Waals surface area contributed by atoms with Gasteiger partial charge in [0.1, 0.15) is 0 Å². The average Bonchev–Trinajstić information content (AvgIpc) is 2.99. The fraction of sp³-hybridized carbons (Fsp3) is 0.286. The number of anilines is 1. The third-order valence-electron chi connectivity index (χ3n) is 2.46. The zero-order valence-corrected chi connectivity index (χ0v) is 12.3. The fourth-order valence-corrected chi connectivity index (χ4v) is 2.01. The van der Waals surface area contributed by atoms with Crippen LogP contribution < -0.4 is 14.9 Å². The Kier molecular flexibility index (Phi) is 5.37. The van der Waals surface area contributed by atoms with Crippen LogP contribution in [0.1, 0.15) is 18.9 Å². The van der Waals surface area contributed by atoms with Gasteiger partial charge in [-0.25, -0.2) is 4.98 Å². The van der Waals surface area contributed by atoms with Gasteiger partial charge >= 0.3 is 0 Å². The zero-order valence-electron chi connectivity index (χ0n) is 11.5. The van der Waals surface area contributed by atoms with Crippen molar-refractivity contribution in [1.29, 1.82) is 0 Å². The topological polar surface area (TPSA) is 55.7 Å². The molecule has 0 atom stereocenters. The van der Waals surface area contributed by atoms with Crippen molar-refractivity contribution in [3.05, 3.63) is 35.3 Å². The lowest BCUT2D eigenvalue weighted by Gasteiger charge is -2.10. The number of thiazole rings is 1. The first-order valence-corrected chi connectivity index (χ1v) is 7.21. The van der Waals surface area contributed by atoms with E-state index in [1.807, 2.05) is 23.6 Å². The highest BCUT2D eigenvalue weighted by molar-refractivity contribution is 7.13. The Morgan fingerprint density at radius 3 is 3.00 bits per heavy atom. The summed E-state index contributed by atoms with van der Waals surface area (Å²) >= 11 is 1.50. The lowest BCUT2D eigenvalue weighted by molar-refractivity contribution is 0.294. The minimum atomic E-state index is 0.676. The smallest absolute Gasteiger partial charge is 0.203 e. The highest BCUT2D eigenvalue weighted by atomic mass is 32.1. The van der Waals surface area contributed by atoms with Gasteiger partial charge in [-0.2, -0.15) is 5.10 Å². The molecule has 1 aromatic heterocycles. The molecule has 2 rings (SSSR count). The SMILES string of the molecule is CCCOc1ccc(C=NNc2nccs2)cc1OC. The predicted molar refractivity (Wildman–Crippen MR) is 82.1 cm³/mol. The zero-order chi connectivity index (χ0) is 14.2. The highest BCUT2D eigenvalue weighted by Gasteiger charge is 2.04. The second kappa shape index (κ2) is 7.49. The van der Waals surface area contributed by atoms with E-state index in [4.69, 9.17) is 9.47 Å². The van der Waals surface area contributed by atoms with Crippen molar-refractivity contribution in [3.8, 4) is 11.5 Å². The summed E-state index contributed by atoms with van der Waals surface area (Å²) in [7, 11) is 1.63. The van der Waals surface area contributed by atoms with Crippen LogP contribution in [-0.4, -0.2) is 24.9 Å². The van der Waals surface area contributed by atoms with Crippen LogP contribution in [0.15, 0.2) is 34.9 Å². The third-order valence-corrected chi connectivity index (χ3v) is 3.13. The van der Waals surface area contributed by atoms with Crippen LogP contribution in [0.5, 0.6) is 11.5 Å². The van der Waals surface area contributed by atoms with Gasteiger partial charge in [0.2, 0.25) is 5.13 Å². The summed E-state index contributed by atoms with van der Waals surface area (Å²) in [5, 5.41) is 6.78. The molecule has 1 heterocycles. The summed E-state index contributed by atoms with van der Waals surface area (Å²) in [6.07, 6.45) is 4.41. The van der Waals surface area contributed by atoms with Gasteiger partial charge in [-0.15, -0.1) is 11.3 Å². The Bertz CT molecular complexity index is 556. The van der Waals surface area contributed by atoms with Crippen LogP contribution in [-0.2, 0) is 0 Å². The molecule has 5 nitrogen and oxygen atoms in total. The second-order valence-corrected chi connectivity index (χ2v) is 4.86. The van der Waals surface area contributed by atoms with E-state index in [2.05, 4.69) is 22.4 Å². The molecule has 106 valence electrons. The van der Waals surface area contributed by atoms with E-state index in [-0.39, 0.29) is 0 Å². The number of methoxy groups -OCH3 is 1. The molecule has 6 heteroatoms. The number of hydrazone groups is 1. The van der Waals surface area contributed by atoms with Crippen LogP contribution in [0.3, 0.4) is 0 Å². The summed E-state index contributed by atoms with van der Waals surface area (Å²) in [6, 6.07) is 5.71. The van der Waals surface area contributed by atoms with Crippen LogP contribution in [0.2, 0.25) is 0 Å². The van der Waals surface area contributed by atoms with Crippen molar-refractivity contribution in [3.63, 3.8) is 0 Å². The standard InChI is InChI=1S/C14H17N3O2S/c1-3-7-19-12-5-4-11(9-13(12)18-2)10-16-17-14-15-6-8-20-14/h4-6,8-10H,3,7H2,1-2H3,(H,15,17). The summed E-state index contributed by atoms with van der Waals surface area (Å²) in [5.74, 6) is 1.45. The van der Waals surface area contributed by atoms with E-state index in [0.717, 1.165) is 22.9 Å². The summed E-state index contributed by atoms with van der Waals surface area (Å²) in [4.78, 5) is 4.08. The Morgan fingerprint density at radius 1 is 1.40 bits per heavy atom. The van der Waals surface area contributed by atoms with Gasteiger partial charge in [-0.3, -0.25) is 5.43 Å². The Hall–Kier alpha value is -2.08. The number of rotatable bonds is 7. The molecule has 0 unspecified atom stereocenters. The van der Waals surface area contributed by atoms with E-state index >= 15 is 0 Å². The Labute approximate surface area is 122 Å². The van der Waals surface area contributed by atoms with Gasteiger partial charge in [-0.1, -0.05) is 6.92 Å². The first-order valence-electron chi connectivity index (χ1n) is 6.33. The van der Waals surface area contributed by atoms with Crippen LogP contribution >= 0.6 is 11.3 Å². The van der Waals surface area contributed by atoms with Crippen molar-refractivity contribution in [2.45, 2.75) is 13.3 Å². The van der Waals surface area contributed by atoms with Crippen molar-refractivity contribution in [1.82, 2.24) is 4.98 Å². The molecule has 0 aliphatic carbocycles. The molecule has 0 fully saturated rings. The monoisotopic (exact) mass is 291 g/mol. The van der Waals surface area contributed by atoms with Crippen LogP contribution in [0.25, 0.3) is 0 Å². The molecule has 0 radical (unpaired) electrons. The fourth-order valence-electron chi connectivity index (χ4n) is 1.54. The molecule has 0 saturated carbocycles. The van der Waals surface area contributed by atoms with Crippen molar-refractivity contribution >= 4 is 22.7 Å². The van der Waals surface area contributed by atoms with E-state index in [1.54, 1.807) is 19.5 Å². The van der Waals surface area contributed by atoms with Crippen molar-refractivity contribution in [2.24, 2.45) is 5.10 Å². The third kappa shape index (κ3) is 3.96. The number of hydrogen-bond acceptors (Lipinski definition) is 6. The maximum absolute atomic E-state index is 5.60. The molecule has 1 N–H and O–H groups in total. The largest absolute Gasteiger partial charge is 0.493 e. The summed E-state index contributed by atoms with van der Waals surface area (Å²) in [6.45, 7) is 2.74. The van der Waals surface area contributed by atoms with Crippen molar-refractivity contribution in [2.75, 3.05) is 19.1 Å². The van der Waals surface area contributed by atoms with Gasteiger partial charge in [0.05, 0.1) is 19.9 Å². The molecule has 2 aromatic rings. The second-order valence-electron chi connectivity index (χ2n) is 3.97. The molecule has 20 heavy (non-hydrogen) atoms. The molecule has 0 amide bonds. The maximum Gasteiger partial charge on any atom is 0.203 e. The minimum Gasteiger partial charge on any atom is -0.493 e. The summed E-state index contributed by atoms with van der Waals surface area (Å²) in [5.41, 5.74) is 3.79. The van der Waals surface area contributed by atoms with E-state index in [1.165, 1.54) is 11.3 Å². The number of benzene rings is 1. The molecule has 1 aromatic carbocycles. The van der Waals surface area contributed by atoms with Crippen LogP contribution in [0.4, 0.5) is 5.13 Å². The van der Waals surface area contributed by atoms with Gasteiger partial charge < -0.3 is 9.47 Å². The number of hydrogen-bond donors (Lipinski definition) is 1. The number of nitrogens with one attached hydrogen (secondary N) is 1. The van der Waals surface area contributed by atoms with Gasteiger partial charge in [0, 0.05) is 11.6 Å². The lowest BCUT2D eigenvalue weighted by Crippen LogP contribution is -1.98. The molecule has 0 bridgehead atoms. The molecular formula is C14H17N3O2S. The molecule has 0 spiro atoms. The quantitative estimate of drug-likeness (QED) is 0.627. The Balaban J connectivity index is 2.03. The molecule has 0 aliphatic rings.